The Morgan fingerprint density at radius 3 is 2.53 bits per heavy atom. The van der Waals surface area contributed by atoms with Gasteiger partial charge >= 0.3 is 5.97 Å². The zero-order chi connectivity index (χ0) is 21.1. The van der Waals surface area contributed by atoms with Gasteiger partial charge in [-0.2, -0.15) is 0 Å². The number of H-pyrrole nitrogens is 1. The Kier molecular flexibility index (Phi) is 5.57. The first kappa shape index (κ1) is 19.8. The molecule has 152 valence electrons. The van der Waals surface area contributed by atoms with Crippen LogP contribution in [0.25, 0.3) is 22.0 Å². The molecule has 0 aliphatic carbocycles. The molecule has 1 aromatic heterocycles. The Hall–Kier alpha value is -3.53. The molecule has 1 heterocycles. The van der Waals surface area contributed by atoms with Crippen LogP contribution in [0.4, 0.5) is 0 Å². The van der Waals surface area contributed by atoms with Gasteiger partial charge in [-0.05, 0) is 65.8 Å². The van der Waals surface area contributed by atoms with E-state index in [0.29, 0.717) is 13.0 Å². The van der Waals surface area contributed by atoms with Crippen LogP contribution in [0.5, 0.6) is 5.75 Å². The number of benzene rings is 3. The van der Waals surface area contributed by atoms with E-state index < -0.39 is 11.9 Å². The molecule has 30 heavy (non-hydrogen) atoms. The molecular formula is C26H25NO3. The lowest BCUT2D eigenvalue weighted by Gasteiger charge is -2.15. The SMILES string of the molecule is Cc1ccc(COc2ccc(CC(C)C(=O)O)cc2-c2ccc3[nH]ccc3c2)cc1. The van der Waals surface area contributed by atoms with Crippen LogP contribution in [0.3, 0.4) is 0 Å². The molecule has 0 aliphatic heterocycles. The van der Waals surface area contributed by atoms with E-state index in [1.165, 1.54) is 5.56 Å². The van der Waals surface area contributed by atoms with Crippen molar-refractivity contribution in [2.24, 2.45) is 5.92 Å². The zero-order valence-electron chi connectivity index (χ0n) is 17.2. The molecule has 4 aromatic rings. The van der Waals surface area contributed by atoms with Crippen LogP contribution in [-0.2, 0) is 17.8 Å². The number of ether oxygens (including phenoxy) is 1. The summed E-state index contributed by atoms with van der Waals surface area (Å²) in [5, 5.41) is 10.4. The molecule has 0 bridgehead atoms. The van der Waals surface area contributed by atoms with E-state index in [9.17, 15) is 9.90 Å². The number of fused-ring (bicyclic) bond motifs is 1. The number of carbonyl (C=O) groups is 1. The van der Waals surface area contributed by atoms with E-state index in [1.54, 1.807) is 6.92 Å². The smallest absolute Gasteiger partial charge is 0.306 e. The largest absolute Gasteiger partial charge is 0.488 e. The van der Waals surface area contributed by atoms with Gasteiger partial charge < -0.3 is 14.8 Å². The van der Waals surface area contributed by atoms with E-state index >= 15 is 0 Å². The van der Waals surface area contributed by atoms with E-state index in [2.05, 4.69) is 60.4 Å². The van der Waals surface area contributed by atoms with Crippen LogP contribution >= 0.6 is 0 Å². The quantitative estimate of drug-likeness (QED) is 0.401. The van der Waals surface area contributed by atoms with Gasteiger partial charge in [0, 0.05) is 17.3 Å². The normalized spacial score (nSPS) is 12.1. The number of carboxylic acids is 1. The van der Waals surface area contributed by atoms with E-state index in [-0.39, 0.29) is 0 Å². The predicted octanol–water partition coefficient (Wildman–Crippen LogP) is 5.99. The van der Waals surface area contributed by atoms with Crippen molar-refractivity contribution in [1.29, 1.82) is 0 Å². The van der Waals surface area contributed by atoms with Gasteiger partial charge in [-0.1, -0.05) is 48.9 Å². The highest BCUT2D eigenvalue weighted by atomic mass is 16.5. The van der Waals surface area contributed by atoms with E-state index in [1.807, 2.05) is 24.4 Å². The van der Waals surface area contributed by atoms with Crippen LogP contribution in [0.2, 0.25) is 0 Å². The number of aromatic nitrogens is 1. The van der Waals surface area contributed by atoms with Crippen molar-refractivity contribution in [3.63, 3.8) is 0 Å². The van der Waals surface area contributed by atoms with E-state index in [4.69, 9.17) is 4.74 Å². The van der Waals surface area contributed by atoms with E-state index in [0.717, 1.165) is 38.9 Å². The highest BCUT2D eigenvalue weighted by molar-refractivity contribution is 5.86. The van der Waals surface area contributed by atoms with Gasteiger partial charge in [0.15, 0.2) is 0 Å². The summed E-state index contributed by atoms with van der Waals surface area (Å²) >= 11 is 0. The summed E-state index contributed by atoms with van der Waals surface area (Å²) in [6, 6.07) is 22.6. The average Bonchev–Trinajstić information content (AvgIpc) is 3.21. The third kappa shape index (κ3) is 4.38. The Balaban J connectivity index is 1.68. The molecule has 0 saturated carbocycles. The molecule has 0 radical (unpaired) electrons. The maximum atomic E-state index is 11.3. The first-order valence-electron chi connectivity index (χ1n) is 10.1. The molecule has 3 aromatic carbocycles. The maximum Gasteiger partial charge on any atom is 0.306 e. The third-order valence-electron chi connectivity index (χ3n) is 5.39. The molecule has 0 fully saturated rings. The predicted molar refractivity (Wildman–Crippen MR) is 120 cm³/mol. The van der Waals surface area contributed by atoms with Crippen molar-refractivity contribution in [3.05, 3.63) is 89.6 Å². The highest BCUT2D eigenvalue weighted by Gasteiger charge is 2.15. The topological polar surface area (TPSA) is 62.3 Å². The third-order valence-corrected chi connectivity index (χ3v) is 5.39. The summed E-state index contributed by atoms with van der Waals surface area (Å²) < 4.78 is 6.19. The number of hydrogen-bond acceptors (Lipinski definition) is 2. The Labute approximate surface area is 176 Å². The number of hydrogen-bond donors (Lipinski definition) is 2. The number of carboxylic acid groups (broad SMARTS) is 1. The maximum absolute atomic E-state index is 11.3. The van der Waals surface area contributed by atoms with Gasteiger partial charge in [-0.3, -0.25) is 4.79 Å². The molecule has 0 amide bonds. The van der Waals surface area contributed by atoms with Gasteiger partial charge in [-0.25, -0.2) is 0 Å². The first-order valence-corrected chi connectivity index (χ1v) is 10.1. The fourth-order valence-electron chi connectivity index (χ4n) is 3.56. The van der Waals surface area contributed by atoms with Gasteiger partial charge in [0.25, 0.3) is 0 Å². The van der Waals surface area contributed by atoms with Crippen LogP contribution in [0.15, 0.2) is 72.9 Å². The number of aryl methyl sites for hydroxylation is 1. The number of aromatic amines is 1. The number of aliphatic carboxylic acids is 1. The molecule has 0 aliphatic rings. The van der Waals surface area contributed by atoms with Crippen molar-refractivity contribution in [2.45, 2.75) is 26.9 Å². The Morgan fingerprint density at radius 1 is 1.00 bits per heavy atom. The second-order valence-electron chi connectivity index (χ2n) is 7.83. The van der Waals surface area contributed by atoms with Gasteiger partial charge in [-0.15, -0.1) is 0 Å². The summed E-state index contributed by atoms with van der Waals surface area (Å²) in [6.07, 6.45) is 2.40. The monoisotopic (exact) mass is 399 g/mol. The van der Waals surface area contributed by atoms with Crippen molar-refractivity contribution < 1.29 is 14.6 Å². The summed E-state index contributed by atoms with van der Waals surface area (Å²) in [7, 11) is 0. The Morgan fingerprint density at radius 2 is 1.77 bits per heavy atom. The van der Waals surface area contributed by atoms with Crippen molar-refractivity contribution in [2.75, 3.05) is 0 Å². The fourth-order valence-corrected chi connectivity index (χ4v) is 3.56. The number of rotatable bonds is 7. The van der Waals surface area contributed by atoms with Crippen LogP contribution in [-0.4, -0.2) is 16.1 Å². The molecule has 4 rings (SSSR count). The lowest BCUT2D eigenvalue weighted by molar-refractivity contribution is -0.141. The lowest BCUT2D eigenvalue weighted by atomic mass is 9.96. The molecule has 0 spiro atoms. The summed E-state index contributed by atoms with van der Waals surface area (Å²) in [5.74, 6) is -0.438. The second kappa shape index (κ2) is 8.46. The van der Waals surface area contributed by atoms with Crippen LogP contribution in [0.1, 0.15) is 23.6 Å². The van der Waals surface area contributed by atoms with Gasteiger partial charge in [0.1, 0.15) is 12.4 Å². The molecule has 1 unspecified atom stereocenters. The minimum atomic E-state index is -0.787. The second-order valence-corrected chi connectivity index (χ2v) is 7.83. The summed E-state index contributed by atoms with van der Waals surface area (Å²) in [4.78, 5) is 14.5. The summed E-state index contributed by atoms with van der Waals surface area (Å²) in [5.41, 5.74) is 6.41. The molecular weight excluding hydrogens is 374 g/mol. The van der Waals surface area contributed by atoms with Gasteiger partial charge in [0.2, 0.25) is 0 Å². The molecule has 2 N–H and O–H groups in total. The molecule has 1 atom stereocenters. The lowest BCUT2D eigenvalue weighted by Crippen LogP contribution is -2.12. The minimum absolute atomic E-state index is 0.440. The standard InChI is InChI=1S/C26H25NO3/c1-17-3-5-19(6-4-17)16-30-25-10-7-20(13-18(2)26(28)29)14-23(25)21-8-9-24-22(15-21)11-12-27-24/h3-12,14-15,18,27H,13,16H2,1-2H3,(H,28,29). The van der Waals surface area contributed by atoms with Crippen LogP contribution < -0.4 is 4.74 Å². The summed E-state index contributed by atoms with van der Waals surface area (Å²) in [6.45, 7) is 4.27. The molecule has 4 heteroatoms. The fraction of sp³-hybridized carbons (Fsp3) is 0.192. The Bertz CT molecular complexity index is 1170. The van der Waals surface area contributed by atoms with Crippen molar-refractivity contribution in [3.8, 4) is 16.9 Å². The van der Waals surface area contributed by atoms with Crippen LogP contribution in [0, 0.1) is 12.8 Å². The molecule has 0 saturated heterocycles. The van der Waals surface area contributed by atoms with Crippen molar-refractivity contribution in [1.82, 2.24) is 4.98 Å². The molecule has 4 nitrogen and oxygen atoms in total. The average molecular weight is 399 g/mol. The zero-order valence-corrected chi connectivity index (χ0v) is 17.2. The van der Waals surface area contributed by atoms with Gasteiger partial charge in [0.05, 0.1) is 5.92 Å². The highest BCUT2D eigenvalue weighted by Crippen LogP contribution is 2.34. The number of nitrogens with one attached hydrogen (secondary N) is 1. The first-order chi connectivity index (χ1) is 14.5. The van der Waals surface area contributed by atoms with Crippen molar-refractivity contribution >= 4 is 16.9 Å². The minimum Gasteiger partial charge on any atom is -0.488 e.